The van der Waals surface area contributed by atoms with Crippen LogP contribution in [0, 0.1) is 0 Å². The lowest BCUT2D eigenvalue weighted by molar-refractivity contribution is 0.294. The quantitative estimate of drug-likeness (QED) is 0.780. The monoisotopic (exact) mass is 259 g/mol. The van der Waals surface area contributed by atoms with E-state index in [4.69, 9.17) is 9.92 Å². The van der Waals surface area contributed by atoms with Crippen molar-refractivity contribution in [1.29, 1.82) is 0 Å². The number of hydrogen-bond acceptors (Lipinski definition) is 5. The Hall–Kier alpha value is -0.920. The molecule has 1 aromatic heterocycles. The molecule has 0 saturated carbocycles. The molecule has 1 aromatic rings. The van der Waals surface area contributed by atoms with E-state index in [-0.39, 0.29) is 12.6 Å². The summed E-state index contributed by atoms with van der Waals surface area (Å²) in [5.41, 5.74) is 8.17. The highest BCUT2D eigenvalue weighted by atomic mass is 32.2. The molecule has 0 unspecified atom stereocenters. The number of fused-ring (bicyclic) bond motifs is 1. The standard InChI is InChI=1S/C10H17N3O3S/c1-17(14,15)16-6-5-13-10-4-2-3-9(11)8(10)7-12-13/h7,9H,2-6,11H2,1H3/t9-/m1/s1. The first-order chi connectivity index (χ1) is 7.97. The van der Waals surface area contributed by atoms with Gasteiger partial charge in [-0.2, -0.15) is 13.5 Å². The molecule has 1 atom stereocenters. The van der Waals surface area contributed by atoms with Crippen LogP contribution in [0.5, 0.6) is 0 Å². The van der Waals surface area contributed by atoms with Crippen LogP contribution < -0.4 is 5.73 Å². The lowest BCUT2D eigenvalue weighted by Gasteiger charge is -2.19. The highest BCUT2D eigenvalue weighted by molar-refractivity contribution is 7.85. The normalized spacial score (nSPS) is 20.2. The number of nitrogens with zero attached hydrogens (tertiary/aromatic N) is 2. The summed E-state index contributed by atoms with van der Waals surface area (Å²) in [6, 6.07) is 0.0586. The van der Waals surface area contributed by atoms with Crippen molar-refractivity contribution in [1.82, 2.24) is 9.78 Å². The number of hydrogen-bond donors (Lipinski definition) is 1. The third-order valence-electron chi connectivity index (χ3n) is 2.91. The molecule has 2 rings (SSSR count). The van der Waals surface area contributed by atoms with Crippen LogP contribution in [0.25, 0.3) is 0 Å². The maximum absolute atomic E-state index is 10.8. The predicted octanol–water partition coefficient (Wildman–Crippen LogP) is 0.195. The second-order valence-electron chi connectivity index (χ2n) is 4.29. The Morgan fingerprint density at radius 3 is 3.12 bits per heavy atom. The first-order valence-electron chi connectivity index (χ1n) is 5.62. The number of nitrogens with two attached hydrogens (primary N) is 1. The minimum atomic E-state index is -3.38. The van der Waals surface area contributed by atoms with Gasteiger partial charge in [-0.25, -0.2) is 0 Å². The molecule has 0 bridgehead atoms. The molecule has 0 aromatic carbocycles. The fraction of sp³-hybridized carbons (Fsp3) is 0.700. The molecule has 1 aliphatic carbocycles. The van der Waals surface area contributed by atoms with Crippen LogP contribution in [0.15, 0.2) is 6.20 Å². The average molecular weight is 259 g/mol. The van der Waals surface area contributed by atoms with Gasteiger partial charge in [0.1, 0.15) is 0 Å². The molecular formula is C10H17N3O3S. The molecule has 0 saturated heterocycles. The highest BCUT2D eigenvalue weighted by Gasteiger charge is 2.21. The summed E-state index contributed by atoms with van der Waals surface area (Å²) in [4.78, 5) is 0. The molecule has 0 aliphatic heterocycles. The Morgan fingerprint density at radius 1 is 1.65 bits per heavy atom. The van der Waals surface area contributed by atoms with Gasteiger partial charge in [0.25, 0.3) is 10.1 Å². The molecule has 0 fully saturated rings. The zero-order valence-electron chi connectivity index (χ0n) is 9.80. The molecule has 0 spiro atoms. The van der Waals surface area contributed by atoms with Gasteiger partial charge in [-0.1, -0.05) is 0 Å². The Bertz CT molecular complexity index is 495. The second-order valence-corrected chi connectivity index (χ2v) is 5.94. The van der Waals surface area contributed by atoms with Gasteiger partial charge < -0.3 is 5.73 Å². The summed E-state index contributed by atoms with van der Waals surface area (Å²) in [6.07, 6.45) is 5.80. The summed E-state index contributed by atoms with van der Waals surface area (Å²) < 4.78 is 28.1. The third-order valence-corrected chi connectivity index (χ3v) is 3.50. The van der Waals surface area contributed by atoms with Crippen LogP contribution in [0.1, 0.15) is 30.1 Å². The summed E-state index contributed by atoms with van der Waals surface area (Å²) in [6.45, 7) is 0.553. The van der Waals surface area contributed by atoms with E-state index in [2.05, 4.69) is 5.10 Å². The van der Waals surface area contributed by atoms with E-state index in [9.17, 15) is 8.42 Å². The van der Waals surface area contributed by atoms with E-state index in [0.29, 0.717) is 6.54 Å². The lowest BCUT2D eigenvalue weighted by Crippen LogP contribution is -2.19. The van der Waals surface area contributed by atoms with Crippen LogP contribution in [-0.2, 0) is 27.3 Å². The lowest BCUT2D eigenvalue weighted by atomic mass is 9.94. The maximum atomic E-state index is 10.8. The minimum absolute atomic E-state index is 0.0586. The predicted molar refractivity (Wildman–Crippen MR) is 62.9 cm³/mol. The molecule has 17 heavy (non-hydrogen) atoms. The van der Waals surface area contributed by atoms with Gasteiger partial charge in [0.2, 0.25) is 0 Å². The summed E-state index contributed by atoms with van der Waals surface area (Å²) in [5.74, 6) is 0. The van der Waals surface area contributed by atoms with Crippen LogP contribution in [0.4, 0.5) is 0 Å². The van der Waals surface area contributed by atoms with Crippen LogP contribution in [0.3, 0.4) is 0 Å². The van der Waals surface area contributed by atoms with Crippen molar-refractivity contribution in [3.05, 3.63) is 17.5 Å². The van der Waals surface area contributed by atoms with Gasteiger partial charge in [-0.15, -0.1) is 0 Å². The molecule has 1 heterocycles. The van der Waals surface area contributed by atoms with Crippen molar-refractivity contribution in [2.24, 2.45) is 5.73 Å². The molecule has 0 amide bonds. The molecule has 2 N–H and O–H groups in total. The van der Waals surface area contributed by atoms with Crippen molar-refractivity contribution >= 4 is 10.1 Å². The van der Waals surface area contributed by atoms with Gasteiger partial charge >= 0.3 is 0 Å². The first-order valence-corrected chi connectivity index (χ1v) is 7.43. The van der Waals surface area contributed by atoms with E-state index in [1.807, 2.05) is 0 Å². The minimum Gasteiger partial charge on any atom is -0.324 e. The Morgan fingerprint density at radius 2 is 2.41 bits per heavy atom. The molecule has 7 heteroatoms. The Kier molecular flexibility index (Phi) is 3.50. The van der Waals surface area contributed by atoms with Gasteiger partial charge in [0, 0.05) is 17.3 Å². The van der Waals surface area contributed by atoms with Crippen LogP contribution in [-0.4, -0.2) is 31.1 Å². The zero-order chi connectivity index (χ0) is 12.5. The Labute approximate surface area is 101 Å². The zero-order valence-corrected chi connectivity index (χ0v) is 10.6. The van der Waals surface area contributed by atoms with Gasteiger partial charge in [-0.3, -0.25) is 8.86 Å². The SMILES string of the molecule is CS(=O)(=O)OCCn1ncc2c1CCC[C@H]2N. The largest absolute Gasteiger partial charge is 0.324 e. The molecule has 1 aliphatic rings. The third kappa shape index (κ3) is 3.05. The van der Waals surface area contributed by atoms with Crippen LogP contribution >= 0.6 is 0 Å². The fourth-order valence-electron chi connectivity index (χ4n) is 2.12. The first kappa shape index (κ1) is 12.5. The van der Waals surface area contributed by atoms with Crippen molar-refractivity contribution in [2.75, 3.05) is 12.9 Å². The van der Waals surface area contributed by atoms with Crippen molar-refractivity contribution in [2.45, 2.75) is 31.8 Å². The number of rotatable bonds is 4. The summed E-state index contributed by atoms with van der Waals surface area (Å²) in [5, 5.41) is 4.23. The second kappa shape index (κ2) is 4.75. The van der Waals surface area contributed by atoms with Gasteiger partial charge in [0.05, 0.1) is 25.6 Å². The number of aromatic nitrogens is 2. The van der Waals surface area contributed by atoms with E-state index in [1.165, 1.54) is 0 Å². The van der Waals surface area contributed by atoms with Crippen LogP contribution in [0.2, 0.25) is 0 Å². The summed E-state index contributed by atoms with van der Waals surface area (Å²) in [7, 11) is -3.38. The molecule has 6 nitrogen and oxygen atoms in total. The average Bonchev–Trinajstić information content (AvgIpc) is 2.61. The van der Waals surface area contributed by atoms with E-state index in [1.54, 1.807) is 10.9 Å². The smallest absolute Gasteiger partial charge is 0.264 e. The van der Waals surface area contributed by atoms with E-state index < -0.39 is 10.1 Å². The van der Waals surface area contributed by atoms with Gasteiger partial charge in [-0.05, 0) is 19.3 Å². The summed E-state index contributed by atoms with van der Waals surface area (Å²) >= 11 is 0. The van der Waals surface area contributed by atoms with Crippen molar-refractivity contribution < 1.29 is 12.6 Å². The molecule has 96 valence electrons. The van der Waals surface area contributed by atoms with E-state index >= 15 is 0 Å². The van der Waals surface area contributed by atoms with E-state index in [0.717, 1.165) is 36.8 Å². The topological polar surface area (TPSA) is 87.2 Å². The highest BCUT2D eigenvalue weighted by Crippen LogP contribution is 2.27. The molecular weight excluding hydrogens is 242 g/mol. The van der Waals surface area contributed by atoms with Gasteiger partial charge in [0.15, 0.2) is 0 Å². The maximum Gasteiger partial charge on any atom is 0.264 e. The van der Waals surface area contributed by atoms with Crippen molar-refractivity contribution in [3.63, 3.8) is 0 Å². The fourth-order valence-corrected chi connectivity index (χ4v) is 2.50. The molecule has 0 radical (unpaired) electrons. The van der Waals surface area contributed by atoms with Crippen molar-refractivity contribution in [3.8, 4) is 0 Å². The Balaban J connectivity index is 2.03.